The molecule has 3 N–H and O–H groups in total. The number of fused-ring (bicyclic) bond motifs is 1. The number of pyridine rings is 2. The van der Waals surface area contributed by atoms with Crippen LogP contribution in [0.4, 0.5) is 43.9 Å². The number of anilines is 3. The van der Waals surface area contributed by atoms with Crippen LogP contribution in [0.25, 0.3) is 22.0 Å². The molecular formula is C26H21ClF5N5O3. The maximum Gasteiger partial charge on any atom is 0.406 e. The van der Waals surface area contributed by atoms with Gasteiger partial charge in [-0.2, -0.15) is 13.2 Å². The molecule has 0 saturated heterocycles. The van der Waals surface area contributed by atoms with Crippen molar-refractivity contribution < 1.29 is 31.5 Å². The Balaban J connectivity index is 1.76. The first kappa shape index (κ1) is 28.8. The molecule has 0 atom stereocenters. The predicted molar refractivity (Wildman–Crippen MR) is 142 cm³/mol. The topological polar surface area (TPSA) is 97.3 Å². The standard InChI is InChI=1S/C26H21ClF5N5O3/c1-40-7-6-33-23-11-22-14(12-34-23)8-18(24(38)37(22)13-26(30,31)32)17-9-21(20(29)10-19(17)27)36-25(39)35-16-4-2-15(28)3-5-16/h2-5,8-12H,6-7,13H2,1H3,(H,33,34)(H2,35,36,39). The predicted octanol–water partition coefficient (Wildman–Crippen LogP) is 6.26. The number of amides is 2. The number of rotatable bonds is 8. The number of nitrogens with zero attached hydrogens (tertiary/aromatic N) is 2. The molecule has 2 aromatic carbocycles. The zero-order valence-corrected chi connectivity index (χ0v) is 21.5. The van der Waals surface area contributed by atoms with E-state index in [-0.39, 0.29) is 38.6 Å². The summed E-state index contributed by atoms with van der Waals surface area (Å²) in [6.07, 6.45) is -3.47. The first-order valence-electron chi connectivity index (χ1n) is 11.6. The molecule has 4 aromatic rings. The summed E-state index contributed by atoms with van der Waals surface area (Å²) in [5.41, 5.74) is -1.68. The molecule has 40 heavy (non-hydrogen) atoms. The van der Waals surface area contributed by atoms with Crippen molar-refractivity contribution in [3.8, 4) is 11.1 Å². The number of benzene rings is 2. The van der Waals surface area contributed by atoms with Gasteiger partial charge in [0.25, 0.3) is 5.56 Å². The second-order valence-corrected chi connectivity index (χ2v) is 8.92. The lowest BCUT2D eigenvalue weighted by Gasteiger charge is -2.17. The molecule has 0 radical (unpaired) electrons. The van der Waals surface area contributed by atoms with E-state index in [4.69, 9.17) is 16.3 Å². The van der Waals surface area contributed by atoms with Gasteiger partial charge in [-0.3, -0.25) is 9.36 Å². The molecule has 4 rings (SSSR count). The number of halogens is 6. The minimum Gasteiger partial charge on any atom is -0.383 e. The van der Waals surface area contributed by atoms with Crippen molar-refractivity contribution in [2.24, 2.45) is 0 Å². The monoisotopic (exact) mass is 581 g/mol. The number of urea groups is 1. The maximum absolute atomic E-state index is 14.7. The fourth-order valence-corrected chi connectivity index (χ4v) is 4.10. The largest absolute Gasteiger partial charge is 0.406 e. The average Bonchev–Trinajstić information content (AvgIpc) is 2.88. The van der Waals surface area contributed by atoms with Crippen molar-refractivity contribution in [2.45, 2.75) is 12.7 Å². The maximum atomic E-state index is 14.7. The number of carbonyl (C=O) groups is 1. The van der Waals surface area contributed by atoms with Crippen LogP contribution in [0.1, 0.15) is 0 Å². The van der Waals surface area contributed by atoms with Crippen LogP contribution >= 0.6 is 11.6 Å². The third-order valence-corrected chi connectivity index (χ3v) is 5.94. The zero-order valence-electron chi connectivity index (χ0n) is 20.7. The van der Waals surface area contributed by atoms with Gasteiger partial charge in [0.1, 0.15) is 24.0 Å². The van der Waals surface area contributed by atoms with Crippen LogP contribution < -0.4 is 21.5 Å². The molecule has 8 nitrogen and oxygen atoms in total. The zero-order chi connectivity index (χ0) is 29.0. The highest BCUT2D eigenvalue weighted by molar-refractivity contribution is 6.33. The number of hydrogen-bond acceptors (Lipinski definition) is 5. The normalized spacial score (nSPS) is 11.5. The third kappa shape index (κ3) is 6.85. The van der Waals surface area contributed by atoms with Crippen LogP contribution in [0.5, 0.6) is 0 Å². The summed E-state index contributed by atoms with van der Waals surface area (Å²) < 4.78 is 73.8. The highest BCUT2D eigenvalue weighted by Gasteiger charge is 2.30. The van der Waals surface area contributed by atoms with E-state index in [9.17, 15) is 31.5 Å². The lowest BCUT2D eigenvalue weighted by molar-refractivity contribution is -0.140. The Morgan fingerprint density at radius 1 is 1.05 bits per heavy atom. The Bertz CT molecular complexity index is 1610. The molecule has 2 aromatic heterocycles. The lowest BCUT2D eigenvalue weighted by Crippen LogP contribution is -2.29. The highest BCUT2D eigenvalue weighted by Crippen LogP contribution is 2.33. The summed E-state index contributed by atoms with van der Waals surface area (Å²) in [6, 6.07) is 8.33. The van der Waals surface area contributed by atoms with Crippen molar-refractivity contribution in [1.82, 2.24) is 9.55 Å². The number of carbonyl (C=O) groups excluding carboxylic acids is 1. The van der Waals surface area contributed by atoms with Crippen molar-refractivity contribution in [3.05, 3.63) is 81.7 Å². The number of nitrogens with one attached hydrogen (secondary N) is 3. The van der Waals surface area contributed by atoms with E-state index in [0.717, 1.165) is 24.3 Å². The van der Waals surface area contributed by atoms with Gasteiger partial charge in [-0.25, -0.2) is 18.6 Å². The van der Waals surface area contributed by atoms with Crippen molar-refractivity contribution in [3.63, 3.8) is 0 Å². The second-order valence-electron chi connectivity index (χ2n) is 8.51. The van der Waals surface area contributed by atoms with Gasteiger partial charge in [-0.15, -0.1) is 0 Å². The molecule has 14 heteroatoms. The number of alkyl halides is 3. The highest BCUT2D eigenvalue weighted by atomic mass is 35.5. The lowest BCUT2D eigenvalue weighted by atomic mass is 10.0. The van der Waals surface area contributed by atoms with Crippen molar-refractivity contribution in [2.75, 3.05) is 36.2 Å². The van der Waals surface area contributed by atoms with E-state index in [0.29, 0.717) is 17.7 Å². The number of aromatic nitrogens is 2. The molecule has 0 spiro atoms. The van der Waals surface area contributed by atoms with Crippen LogP contribution in [0.15, 0.2) is 59.5 Å². The fourth-order valence-electron chi connectivity index (χ4n) is 3.85. The Kier molecular flexibility index (Phi) is 8.55. The molecule has 0 saturated carbocycles. The molecule has 210 valence electrons. The van der Waals surface area contributed by atoms with Crippen LogP contribution in [-0.4, -0.2) is 42.0 Å². The van der Waals surface area contributed by atoms with Crippen LogP contribution in [0.2, 0.25) is 5.02 Å². The van der Waals surface area contributed by atoms with Gasteiger partial charge < -0.3 is 20.7 Å². The number of methoxy groups -OCH3 is 1. The Labute approximate surface area is 228 Å². The molecule has 0 aliphatic rings. The van der Waals surface area contributed by atoms with Gasteiger partial charge in [0, 0.05) is 48.1 Å². The molecule has 2 amide bonds. The minimum atomic E-state index is -4.75. The third-order valence-electron chi connectivity index (χ3n) is 5.63. The Morgan fingerprint density at radius 3 is 2.45 bits per heavy atom. The van der Waals surface area contributed by atoms with Crippen molar-refractivity contribution >= 4 is 45.7 Å². The Morgan fingerprint density at radius 2 is 1.77 bits per heavy atom. The molecular weight excluding hydrogens is 561 g/mol. The summed E-state index contributed by atoms with van der Waals surface area (Å²) in [6.45, 7) is -0.969. The van der Waals surface area contributed by atoms with E-state index < -0.39 is 41.6 Å². The molecule has 0 fully saturated rings. The van der Waals surface area contributed by atoms with E-state index in [1.54, 1.807) is 0 Å². The molecule has 0 bridgehead atoms. The number of ether oxygens (including phenoxy) is 1. The molecule has 2 heterocycles. The summed E-state index contributed by atoms with van der Waals surface area (Å²) in [5, 5.41) is 7.44. The van der Waals surface area contributed by atoms with Crippen molar-refractivity contribution in [1.29, 1.82) is 0 Å². The van der Waals surface area contributed by atoms with Gasteiger partial charge in [0.05, 0.1) is 22.8 Å². The summed E-state index contributed by atoms with van der Waals surface area (Å²) in [5.74, 6) is -1.27. The fraction of sp³-hybridized carbons (Fsp3) is 0.192. The second kappa shape index (κ2) is 11.9. The number of hydrogen-bond donors (Lipinski definition) is 3. The van der Waals surface area contributed by atoms with Gasteiger partial charge >= 0.3 is 12.2 Å². The summed E-state index contributed by atoms with van der Waals surface area (Å²) in [7, 11) is 1.48. The molecule has 0 aliphatic carbocycles. The van der Waals surface area contributed by atoms with E-state index in [1.165, 1.54) is 37.6 Å². The van der Waals surface area contributed by atoms with Crippen LogP contribution in [0.3, 0.4) is 0 Å². The SMILES string of the molecule is COCCNc1cc2c(cn1)cc(-c1cc(NC(=O)Nc3ccc(F)cc3)c(F)cc1Cl)c(=O)n2CC(F)(F)F. The van der Waals surface area contributed by atoms with E-state index in [1.807, 2.05) is 0 Å². The Hall–Kier alpha value is -4.23. The first-order chi connectivity index (χ1) is 18.9. The van der Waals surface area contributed by atoms with Gasteiger partial charge in [0.2, 0.25) is 0 Å². The smallest absolute Gasteiger partial charge is 0.383 e. The molecule has 0 unspecified atom stereocenters. The van der Waals surface area contributed by atoms with Gasteiger partial charge in [0.15, 0.2) is 0 Å². The van der Waals surface area contributed by atoms with Crippen LogP contribution in [-0.2, 0) is 11.3 Å². The quantitative estimate of drug-likeness (QED) is 0.169. The molecule has 0 aliphatic heterocycles. The first-order valence-corrected chi connectivity index (χ1v) is 12.0. The van der Waals surface area contributed by atoms with E-state index >= 15 is 0 Å². The van der Waals surface area contributed by atoms with Crippen LogP contribution in [0, 0.1) is 11.6 Å². The van der Waals surface area contributed by atoms with E-state index in [2.05, 4.69) is 20.9 Å². The summed E-state index contributed by atoms with van der Waals surface area (Å²) >= 11 is 6.21. The average molecular weight is 582 g/mol. The van der Waals surface area contributed by atoms with Gasteiger partial charge in [-0.05, 0) is 42.5 Å². The minimum absolute atomic E-state index is 0.0451. The van der Waals surface area contributed by atoms with Gasteiger partial charge in [-0.1, -0.05) is 11.6 Å². The summed E-state index contributed by atoms with van der Waals surface area (Å²) in [4.78, 5) is 30.0.